The van der Waals surface area contributed by atoms with Crippen LogP contribution in [0.1, 0.15) is 36.3 Å². The second-order valence-corrected chi connectivity index (χ2v) is 6.54. The highest BCUT2D eigenvalue weighted by atomic mass is 16.5. The second-order valence-electron chi connectivity index (χ2n) is 6.54. The number of aromatic nitrogens is 1. The van der Waals surface area contributed by atoms with Crippen LogP contribution in [0, 0.1) is 12.8 Å². The van der Waals surface area contributed by atoms with Crippen molar-refractivity contribution in [2.24, 2.45) is 5.92 Å². The van der Waals surface area contributed by atoms with E-state index in [-0.39, 0.29) is 0 Å². The van der Waals surface area contributed by atoms with Gasteiger partial charge >= 0.3 is 0 Å². The van der Waals surface area contributed by atoms with Crippen molar-refractivity contribution in [3.05, 3.63) is 41.3 Å². The topological polar surface area (TPSA) is 56.5 Å². The molecule has 1 aromatic heterocycles. The summed E-state index contributed by atoms with van der Waals surface area (Å²) in [5.41, 5.74) is 2.13. The van der Waals surface area contributed by atoms with E-state index in [1.807, 2.05) is 19.1 Å². The minimum atomic E-state index is 0.507. The Kier molecular flexibility index (Phi) is 5.41. The minimum Gasteiger partial charge on any atom is -0.497 e. The molecule has 0 amide bonds. The van der Waals surface area contributed by atoms with Gasteiger partial charge in [-0.1, -0.05) is 11.6 Å². The molecule has 0 bridgehead atoms. The van der Waals surface area contributed by atoms with Crippen molar-refractivity contribution in [1.29, 1.82) is 0 Å². The zero-order valence-corrected chi connectivity index (χ0v) is 14.7. The Labute approximate surface area is 143 Å². The summed E-state index contributed by atoms with van der Waals surface area (Å²) in [6, 6.07) is 8.56. The van der Waals surface area contributed by atoms with Crippen LogP contribution in [0.2, 0.25) is 0 Å². The molecule has 1 fully saturated rings. The number of hydrogen-bond donors (Lipinski definition) is 1. The first-order chi connectivity index (χ1) is 11.7. The zero-order chi connectivity index (χ0) is 16.9. The fourth-order valence-corrected chi connectivity index (χ4v) is 3.54. The molecule has 0 spiro atoms. The molecule has 5 nitrogen and oxygen atoms in total. The molecule has 130 valence electrons. The zero-order valence-electron chi connectivity index (χ0n) is 14.7. The molecule has 1 heterocycles. The van der Waals surface area contributed by atoms with Gasteiger partial charge in [-0.25, -0.2) is 0 Å². The van der Waals surface area contributed by atoms with Gasteiger partial charge in [-0.2, -0.15) is 0 Å². The number of ether oxygens (including phenoxy) is 2. The van der Waals surface area contributed by atoms with Gasteiger partial charge in [0.1, 0.15) is 17.3 Å². The van der Waals surface area contributed by atoms with Crippen molar-refractivity contribution in [3.63, 3.8) is 0 Å². The molecule has 0 aliphatic heterocycles. The molecule has 0 saturated heterocycles. The molecule has 1 N–H and O–H groups in total. The SMILES string of the molecule is COc1cc(CN[C@@H]2CCC[C@H]2Cc2cc(C)no2)cc(OC)c1. The standard InChI is InChI=1S/C19H26N2O3/c1-13-7-18(24-21-13)10-15-5-4-6-19(15)20-12-14-8-16(22-2)11-17(9-14)23-3/h7-9,11,15,19-20H,4-6,10,12H2,1-3H3/t15-,19+/m0/s1. The van der Waals surface area contributed by atoms with Crippen molar-refractivity contribution in [3.8, 4) is 11.5 Å². The van der Waals surface area contributed by atoms with E-state index in [1.54, 1.807) is 14.2 Å². The van der Waals surface area contributed by atoms with Gasteiger partial charge in [-0.15, -0.1) is 0 Å². The summed E-state index contributed by atoms with van der Waals surface area (Å²) < 4.78 is 16.1. The van der Waals surface area contributed by atoms with Crippen LogP contribution < -0.4 is 14.8 Å². The van der Waals surface area contributed by atoms with Gasteiger partial charge in [0.2, 0.25) is 0 Å². The third kappa shape index (κ3) is 4.09. The van der Waals surface area contributed by atoms with Crippen molar-refractivity contribution in [1.82, 2.24) is 10.5 Å². The van der Waals surface area contributed by atoms with Crippen LogP contribution in [0.15, 0.2) is 28.8 Å². The van der Waals surface area contributed by atoms with Crippen LogP contribution in [0.3, 0.4) is 0 Å². The Morgan fingerprint density at radius 2 is 1.88 bits per heavy atom. The molecule has 1 aliphatic carbocycles. The van der Waals surface area contributed by atoms with Gasteiger partial charge in [-0.3, -0.25) is 0 Å². The predicted molar refractivity (Wildman–Crippen MR) is 92.5 cm³/mol. The summed E-state index contributed by atoms with van der Waals surface area (Å²) >= 11 is 0. The van der Waals surface area contributed by atoms with Gasteiger partial charge in [0.05, 0.1) is 19.9 Å². The maximum atomic E-state index is 5.39. The summed E-state index contributed by atoms with van der Waals surface area (Å²) in [7, 11) is 3.36. The van der Waals surface area contributed by atoms with Crippen LogP contribution >= 0.6 is 0 Å². The van der Waals surface area contributed by atoms with Gasteiger partial charge in [0.25, 0.3) is 0 Å². The summed E-state index contributed by atoms with van der Waals surface area (Å²) in [5, 5.41) is 7.70. The van der Waals surface area contributed by atoms with Crippen LogP contribution in [0.25, 0.3) is 0 Å². The van der Waals surface area contributed by atoms with Crippen LogP contribution in [-0.2, 0) is 13.0 Å². The van der Waals surface area contributed by atoms with E-state index in [1.165, 1.54) is 24.8 Å². The molecule has 2 aromatic rings. The lowest BCUT2D eigenvalue weighted by Crippen LogP contribution is -2.32. The third-order valence-corrected chi connectivity index (χ3v) is 4.78. The van der Waals surface area contributed by atoms with E-state index in [2.05, 4.69) is 22.6 Å². The fraction of sp³-hybridized carbons (Fsp3) is 0.526. The molecular weight excluding hydrogens is 304 g/mol. The first-order valence-electron chi connectivity index (χ1n) is 8.55. The lowest BCUT2D eigenvalue weighted by molar-refractivity contribution is 0.329. The van der Waals surface area contributed by atoms with Gasteiger partial charge in [0.15, 0.2) is 0 Å². The van der Waals surface area contributed by atoms with Crippen LogP contribution in [0.4, 0.5) is 0 Å². The monoisotopic (exact) mass is 330 g/mol. The summed E-state index contributed by atoms with van der Waals surface area (Å²) in [5.74, 6) is 3.25. The number of benzene rings is 1. The minimum absolute atomic E-state index is 0.507. The second kappa shape index (κ2) is 7.71. The molecular formula is C19H26N2O3. The maximum absolute atomic E-state index is 5.39. The van der Waals surface area contributed by atoms with E-state index in [0.717, 1.165) is 35.9 Å². The summed E-state index contributed by atoms with van der Waals surface area (Å²) in [6.07, 6.45) is 4.66. The van der Waals surface area contributed by atoms with Gasteiger partial charge in [-0.05, 0) is 43.4 Å². The van der Waals surface area contributed by atoms with Crippen molar-refractivity contribution in [2.45, 2.75) is 45.2 Å². The lowest BCUT2D eigenvalue weighted by atomic mass is 9.97. The molecule has 24 heavy (non-hydrogen) atoms. The number of methoxy groups -OCH3 is 2. The molecule has 0 unspecified atom stereocenters. The third-order valence-electron chi connectivity index (χ3n) is 4.78. The number of aryl methyl sites for hydroxylation is 1. The van der Waals surface area contributed by atoms with Crippen LogP contribution in [0.5, 0.6) is 11.5 Å². The summed E-state index contributed by atoms with van der Waals surface area (Å²) in [4.78, 5) is 0. The molecule has 5 heteroatoms. The molecule has 2 atom stereocenters. The molecule has 1 saturated carbocycles. The Morgan fingerprint density at radius 1 is 1.12 bits per heavy atom. The first-order valence-corrected chi connectivity index (χ1v) is 8.55. The first kappa shape index (κ1) is 16.8. The Morgan fingerprint density at radius 3 is 2.50 bits per heavy atom. The fourth-order valence-electron chi connectivity index (χ4n) is 3.54. The van der Waals surface area contributed by atoms with Crippen molar-refractivity contribution >= 4 is 0 Å². The predicted octanol–water partition coefficient (Wildman–Crippen LogP) is 3.50. The average molecular weight is 330 g/mol. The Bertz CT molecular complexity index is 646. The van der Waals surface area contributed by atoms with Crippen molar-refractivity contribution in [2.75, 3.05) is 14.2 Å². The maximum Gasteiger partial charge on any atom is 0.137 e. The molecule has 1 aromatic carbocycles. The molecule has 0 radical (unpaired) electrons. The number of hydrogen-bond acceptors (Lipinski definition) is 5. The Hall–Kier alpha value is -2.01. The largest absolute Gasteiger partial charge is 0.497 e. The van der Waals surface area contributed by atoms with E-state index in [9.17, 15) is 0 Å². The average Bonchev–Trinajstić information content (AvgIpc) is 3.21. The van der Waals surface area contributed by atoms with Crippen LogP contribution in [-0.4, -0.2) is 25.4 Å². The van der Waals surface area contributed by atoms with E-state index < -0.39 is 0 Å². The quantitative estimate of drug-likeness (QED) is 0.842. The number of nitrogens with zero attached hydrogens (tertiary/aromatic N) is 1. The highest BCUT2D eigenvalue weighted by molar-refractivity contribution is 5.38. The number of nitrogens with one attached hydrogen (secondary N) is 1. The van der Waals surface area contributed by atoms with Gasteiger partial charge in [0, 0.05) is 31.1 Å². The van der Waals surface area contributed by atoms with E-state index in [0.29, 0.717) is 12.0 Å². The lowest BCUT2D eigenvalue weighted by Gasteiger charge is -2.20. The highest BCUT2D eigenvalue weighted by Crippen LogP contribution is 2.30. The van der Waals surface area contributed by atoms with E-state index in [4.69, 9.17) is 14.0 Å². The highest BCUT2D eigenvalue weighted by Gasteiger charge is 2.28. The summed E-state index contributed by atoms with van der Waals surface area (Å²) in [6.45, 7) is 2.78. The molecule has 3 rings (SSSR count). The smallest absolute Gasteiger partial charge is 0.137 e. The van der Waals surface area contributed by atoms with E-state index >= 15 is 0 Å². The molecule has 1 aliphatic rings. The van der Waals surface area contributed by atoms with Gasteiger partial charge < -0.3 is 19.3 Å². The Balaban J connectivity index is 1.60. The normalized spacial score (nSPS) is 20.3. The number of rotatable bonds is 7. The van der Waals surface area contributed by atoms with Crippen molar-refractivity contribution < 1.29 is 14.0 Å².